The maximum absolute atomic E-state index is 11.8. The van der Waals surface area contributed by atoms with E-state index in [9.17, 15) is 9.90 Å². The van der Waals surface area contributed by atoms with Crippen LogP contribution in [-0.4, -0.2) is 23.4 Å². The lowest BCUT2D eigenvalue weighted by Gasteiger charge is -2.12. The van der Waals surface area contributed by atoms with Gasteiger partial charge in [-0.25, -0.2) is 0 Å². The molecule has 0 unspecified atom stereocenters. The maximum Gasteiger partial charge on any atom is 0.251 e. The molecule has 0 saturated heterocycles. The number of amides is 1. The molecule has 1 saturated carbocycles. The Morgan fingerprint density at radius 1 is 1.53 bits per heavy atom. The van der Waals surface area contributed by atoms with Crippen LogP contribution >= 0.6 is 34.2 Å². The van der Waals surface area contributed by atoms with Gasteiger partial charge >= 0.3 is 0 Å². The Morgan fingerprint density at radius 3 is 2.76 bits per heavy atom. The fourth-order valence-electron chi connectivity index (χ4n) is 1.56. The molecule has 1 fully saturated rings. The molecule has 2 N–H and O–H groups in total. The van der Waals surface area contributed by atoms with Gasteiger partial charge in [-0.05, 0) is 53.6 Å². The fraction of sp³-hybridized carbons (Fsp3) is 0.417. The van der Waals surface area contributed by atoms with Crippen molar-refractivity contribution in [1.82, 2.24) is 5.32 Å². The SMILES string of the molecule is O=C(NCC1(CCl)CC1)c1ccc(I)c(O)c1. The van der Waals surface area contributed by atoms with Crippen molar-refractivity contribution in [3.05, 3.63) is 27.3 Å². The minimum absolute atomic E-state index is 0.114. The standard InChI is InChI=1S/C12H13ClINO2/c13-6-12(3-4-12)7-15-11(17)8-1-2-9(14)10(16)5-8/h1-2,5,16H,3-4,6-7H2,(H,15,17). The summed E-state index contributed by atoms with van der Waals surface area (Å²) < 4.78 is 0.735. The van der Waals surface area contributed by atoms with Gasteiger partial charge in [0.1, 0.15) is 5.75 Å². The Labute approximate surface area is 119 Å². The topological polar surface area (TPSA) is 49.3 Å². The highest BCUT2D eigenvalue weighted by Crippen LogP contribution is 2.45. The lowest BCUT2D eigenvalue weighted by molar-refractivity contribution is 0.0946. The van der Waals surface area contributed by atoms with Crippen LogP contribution < -0.4 is 5.32 Å². The first-order valence-electron chi connectivity index (χ1n) is 5.39. The van der Waals surface area contributed by atoms with Crippen LogP contribution in [0.15, 0.2) is 18.2 Å². The monoisotopic (exact) mass is 365 g/mol. The van der Waals surface area contributed by atoms with Crippen molar-refractivity contribution in [2.45, 2.75) is 12.8 Å². The second-order valence-corrected chi connectivity index (χ2v) is 5.91. The summed E-state index contributed by atoms with van der Waals surface area (Å²) in [6.07, 6.45) is 2.16. The highest BCUT2D eigenvalue weighted by Gasteiger charge is 2.41. The molecule has 1 amide bonds. The molecule has 0 atom stereocenters. The van der Waals surface area contributed by atoms with Crippen molar-refractivity contribution in [3.8, 4) is 5.75 Å². The molecule has 3 nitrogen and oxygen atoms in total. The third-order valence-electron chi connectivity index (χ3n) is 3.07. The van der Waals surface area contributed by atoms with Crippen molar-refractivity contribution in [3.63, 3.8) is 0 Å². The van der Waals surface area contributed by atoms with Crippen LogP contribution in [0.5, 0.6) is 5.75 Å². The summed E-state index contributed by atoms with van der Waals surface area (Å²) in [5, 5.41) is 12.4. The van der Waals surface area contributed by atoms with E-state index in [4.69, 9.17) is 11.6 Å². The van der Waals surface area contributed by atoms with Crippen LogP contribution in [-0.2, 0) is 0 Å². The molecule has 0 heterocycles. The molecule has 0 spiro atoms. The van der Waals surface area contributed by atoms with Gasteiger partial charge in [-0.1, -0.05) is 0 Å². The quantitative estimate of drug-likeness (QED) is 0.637. The van der Waals surface area contributed by atoms with E-state index < -0.39 is 0 Å². The molecule has 1 aromatic rings. The molecule has 1 aliphatic carbocycles. The van der Waals surface area contributed by atoms with Gasteiger partial charge in [0.2, 0.25) is 0 Å². The van der Waals surface area contributed by atoms with E-state index in [1.807, 2.05) is 22.6 Å². The maximum atomic E-state index is 11.8. The third kappa shape index (κ3) is 3.04. The van der Waals surface area contributed by atoms with Gasteiger partial charge in [-0.3, -0.25) is 4.79 Å². The van der Waals surface area contributed by atoms with Crippen molar-refractivity contribution in [2.24, 2.45) is 5.41 Å². The highest BCUT2D eigenvalue weighted by molar-refractivity contribution is 14.1. The Morgan fingerprint density at radius 2 is 2.24 bits per heavy atom. The zero-order chi connectivity index (χ0) is 12.5. The van der Waals surface area contributed by atoms with Gasteiger partial charge in [0.05, 0.1) is 3.57 Å². The van der Waals surface area contributed by atoms with Crippen LogP contribution in [0.2, 0.25) is 0 Å². The second kappa shape index (κ2) is 5.02. The molecule has 0 bridgehead atoms. The number of phenolic OH excluding ortho intramolecular Hbond substituents is 1. The summed E-state index contributed by atoms with van der Waals surface area (Å²) in [6, 6.07) is 4.91. The van der Waals surface area contributed by atoms with Crippen molar-refractivity contribution >= 4 is 40.1 Å². The van der Waals surface area contributed by atoms with E-state index in [2.05, 4.69) is 5.32 Å². The van der Waals surface area contributed by atoms with Crippen molar-refractivity contribution in [2.75, 3.05) is 12.4 Å². The van der Waals surface area contributed by atoms with Crippen LogP contribution in [0.3, 0.4) is 0 Å². The molecular formula is C12H13ClINO2. The average molecular weight is 366 g/mol. The molecule has 1 aliphatic rings. The Kier molecular flexibility index (Phi) is 3.82. The van der Waals surface area contributed by atoms with Crippen LogP contribution in [0.1, 0.15) is 23.2 Å². The summed E-state index contributed by atoms with van der Waals surface area (Å²) in [6.45, 7) is 0.613. The number of phenols is 1. The number of carbonyl (C=O) groups is 1. The molecule has 0 radical (unpaired) electrons. The zero-order valence-corrected chi connectivity index (χ0v) is 12.1. The molecule has 2 rings (SSSR count). The van der Waals surface area contributed by atoms with E-state index in [0.29, 0.717) is 18.0 Å². The first-order valence-corrected chi connectivity index (χ1v) is 7.00. The fourth-order valence-corrected chi connectivity index (χ4v) is 2.26. The summed E-state index contributed by atoms with van der Waals surface area (Å²) in [5.41, 5.74) is 0.593. The normalized spacial score (nSPS) is 16.6. The van der Waals surface area contributed by atoms with Crippen LogP contribution in [0.25, 0.3) is 0 Å². The average Bonchev–Trinajstić information content (AvgIpc) is 3.10. The number of carbonyl (C=O) groups excluding carboxylic acids is 1. The molecule has 1 aromatic carbocycles. The van der Waals surface area contributed by atoms with Crippen LogP contribution in [0.4, 0.5) is 0 Å². The Balaban J connectivity index is 1.97. The van der Waals surface area contributed by atoms with Crippen molar-refractivity contribution < 1.29 is 9.90 Å². The largest absolute Gasteiger partial charge is 0.507 e. The van der Waals surface area contributed by atoms with Gasteiger partial charge in [0, 0.05) is 23.4 Å². The molecule has 5 heteroatoms. The summed E-state index contributed by atoms with van der Waals surface area (Å²) in [5.74, 6) is 0.565. The lowest BCUT2D eigenvalue weighted by Crippen LogP contribution is -2.30. The zero-order valence-electron chi connectivity index (χ0n) is 9.17. The number of halogens is 2. The number of alkyl halides is 1. The van der Waals surface area contributed by atoms with Gasteiger partial charge in [0.25, 0.3) is 5.91 Å². The third-order valence-corrected chi connectivity index (χ3v) is 4.55. The summed E-state index contributed by atoms with van der Waals surface area (Å²) in [7, 11) is 0. The smallest absolute Gasteiger partial charge is 0.251 e. The Bertz CT molecular complexity index is 446. The lowest BCUT2D eigenvalue weighted by atomic mass is 10.1. The number of benzene rings is 1. The molecule has 0 aliphatic heterocycles. The Hall–Kier alpha value is -0.490. The predicted molar refractivity (Wildman–Crippen MR) is 75.5 cm³/mol. The molecule has 92 valence electrons. The van der Waals surface area contributed by atoms with E-state index in [-0.39, 0.29) is 17.1 Å². The van der Waals surface area contributed by atoms with Gasteiger partial charge in [-0.15, -0.1) is 11.6 Å². The molecule has 17 heavy (non-hydrogen) atoms. The van der Waals surface area contributed by atoms with E-state index in [1.54, 1.807) is 12.1 Å². The number of hydrogen-bond donors (Lipinski definition) is 2. The van der Waals surface area contributed by atoms with E-state index >= 15 is 0 Å². The number of nitrogens with one attached hydrogen (secondary N) is 1. The number of aromatic hydroxyl groups is 1. The van der Waals surface area contributed by atoms with Crippen LogP contribution in [0, 0.1) is 8.99 Å². The first-order chi connectivity index (χ1) is 8.06. The van der Waals surface area contributed by atoms with Crippen molar-refractivity contribution in [1.29, 1.82) is 0 Å². The van der Waals surface area contributed by atoms with E-state index in [0.717, 1.165) is 16.4 Å². The molecule has 0 aromatic heterocycles. The van der Waals surface area contributed by atoms with E-state index in [1.165, 1.54) is 6.07 Å². The summed E-state index contributed by atoms with van der Waals surface area (Å²) in [4.78, 5) is 11.8. The molecular weight excluding hydrogens is 352 g/mol. The number of rotatable bonds is 4. The highest BCUT2D eigenvalue weighted by atomic mass is 127. The second-order valence-electron chi connectivity index (χ2n) is 4.48. The van der Waals surface area contributed by atoms with Gasteiger partial charge in [-0.2, -0.15) is 0 Å². The first kappa shape index (κ1) is 13.0. The van der Waals surface area contributed by atoms with Gasteiger partial charge in [0.15, 0.2) is 0 Å². The summed E-state index contributed by atoms with van der Waals surface area (Å²) >= 11 is 7.85. The predicted octanol–water partition coefficient (Wildman–Crippen LogP) is 2.75. The number of hydrogen-bond acceptors (Lipinski definition) is 2. The van der Waals surface area contributed by atoms with Gasteiger partial charge < -0.3 is 10.4 Å². The minimum atomic E-state index is -0.159. The minimum Gasteiger partial charge on any atom is -0.507 e.